The van der Waals surface area contributed by atoms with Gasteiger partial charge in [-0.2, -0.15) is 0 Å². The molecular weight excluding hydrogens is 284 g/mol. The van der Waals surface area contributed by atoms with Gasteiger partial charge in [0.05, 0.1) is 19.1 Å². The summed E-state index contributed by atoms with van der Waals surface area (Å²) in [5.74, 6) is 0.415. The first-order chi connectivity index (χ1) is 10.4. The largest absolute Gasteiger partial charge is 0.493 e. The summed E-state index contributed by atoms with van der Waals surface area (Å²) in [7, 11) is 1.39. The van der Waals surface area contributed by atoms with Gasteiger partial charge in [-0.15, -0.1) is 0 Å². The molecule has 0 saturated carbocycles. The van der Waals surface area contributed by atoms with E-state index in [4.69, 9.17) is 13.9 Å². The molecule has 1 heterocycles. The van der Waals surface area contributed by atoms with Gasteiger partial charge in [-0.1, -0.05) is 0 Å². The summed E-state index contributed by atoms with van der Waals surface area (Å²) in [5.41, 5.74) is -0.404. The van der Waals surface area contributed by atoms with Crippen molar-refractivity contribution in [2.45, 2.75) is 26.7 Å². The first-order valence-corrected chi connectivity index (χ1v) is 7.17. The van der Waals surface area contributed by atoms with E-state index in [0.29, 0.717) is 24.4 Å². The molecule has 22 heavy (non-hydrogen) atoms. The van der Waals surface area contributed by atoms with E-state index in [1.54, 1.807) is 12.1 Å². The topological polar surface area (TPSA) is 65.7 Å². The second kappa shape index (κ2) is 6.64. The monoisotopic (exact) mass is 304 g/mol. The SMILES string of the molecule is COC(=O)C(C)(C)CCCOc1ccc2ccc(=O)oc2c1. The van der Waals surface area contributed by atoms with Crippen molar-refractivity contribution in [2.24, 2.45) is 5.41 Å². The van der Waals surface area contributed by atoms with E-state index in [2.05, 4.69) is 0 Å². The second-order valence-electron chi connectivity index (χ2n) is 5.78. The van der Waals surface area contributed by atoms with Crippen molar-refractivity contribution >= 4 is 16.9 Å². The van der Waals surface area contributed by atoms with Crippen LogP contribution in [0, 0.1) is 5.41 Å². The zero-order valence-electron chi connectivity index (χ0n) is 13.0. The van der Waals surface area contributed by atoms with Crippen molar-refractivity contribution in [2.75, 3.05) is 13.7 Å². The standard InChI is InChI=1S/C17H20O5/c1-17(2,16(19)20-3)9-4-10-21-13-7-5-12-6-8-15(18)22-14(12)11-13/h5-8,11H,4,9-10H2,1-3H3. The fourth-order valence-electron chi connectivity index (χ4n) is 2.21. The average Bonchev–Trinajstić information content (AvgIpc) is 2.50. The molecule has 0 N–H and O–H groups in total. The molecular formula is C17H20O5. The van der Waals surface area contributed by atoms with Crippen LogP contribution in [0.2, 0.25) is 0 Å². The molecule has 0 atom stereocenters. The van der Waals surface area contributed by atoms with Crippen LogP contribution in [0.5, 0.6) is 5.75 Å². The summed E-state index contributed by atoms with van der Waals surface area (Å²) in [5, 5.41) is 0.846. The molecule has 5 nitrogen and oxygen atoms in total. The van der Waals surface area contributed by atoms with Gasteiger partial charge in [0.2, 0.25) is 0 Å². The zero-order chi connectivity index (χ0) is 16.2. The van der Waals surface area contributed by atoms with Gasteiger partial charge in [0, 0.05) is 17.5 Å². The van der Waals surface area contributed by atoms with Gasteiger partial charge in [0.25, 0.3) is 0 Å². The van der Waals surface area contributed by atoms with Crippen LogP contribution in [-0.4, -0.2) is 19.7 Å². The molecule has 1 aromatic heterocycles. The number of esters is 1. The van der Waals surface area contributed by atoms with Gasteiger partial charge in [-0.05, 0) is 44.9 Å². The van der Waals surface area contributed by atoms with Gasteiger partial charge in [0.15, 0.2) is 0 Å². The van der Waals surface area contributed by atoms with E-state index in [9.17, 15) is 9.59 Å². The Kier molecular flexibility index (Phi) is 4.85. The first-order valence-electron chi connectivity index (χ1n) is 7.17. The summed E-state index contributed by atoms with van der Waals surface area (Å²) >= 11 is 0. The third-order valence-corrected chi connectivity index (χ3v) is 3.55. The van der Waals surface area contributed by atoms with Crippen LogP contribution in [0.25, 0.3) is 11.0 Å². The molecule has 1 aromatic carbocycles. The van der Waals surface area contributed by atoms with Crippen molar-refractivity contribution in [1.29, 1.82) is 0 Å². The van der Waals surface area contributed by atoms with Gasteiger partial charge >= 0.3 is 11.6 Å². The molecule has 0 unspecified atom stereocenters. The lowest BCUT2D eigenvalue weighted by Crippen LogP contribution is -2.26. The molecule has 5 heteroatoms. The maximum Gasteiger partial charge on any atom is 0.336 e. The Hall–Kier alpha value is -2.30. The lowest BCUT2D eigenvalue weighted by atomic mass is 9.88. The number of fused-ring (bicyclic) bond motifs is 1. The van der Waals surface area contributed by atoms with Crippen LogP contribution >= 0.6 is 0 Å². The molecule has 0 spiro atoms. The molecule has 0 amide bonds. The lowest BCUT2D eigenvalue weighted by molar-refractivity contribution is -0.151. The van der Waals surface area contributed by atoms with E-state index >= 15 is 0 Å². The molecule has 2 aromatic rings. The minimum Gasteiger partial charge on any atom is -0.493 e. The molecule has 118 valence electrons. The van der Waals surface area contributed by atoms with Gasteiger partial charge in [-0.3, -0.25) is 4.79 Å². The number of ether oxygens (including phenoxy) is 2. The van der Waals surface area contributed by atoms with E-state index in [0.717, 1.165) is 11.8 Å². The Morgan fingerprint density at radius 1 is 1.23 bits per heavy atom. The van der Waals surface area contributed by atoms with E-state index in [1.807, 2.05) is 26.0 Å². The second-order valence-corrected chi connectivity index (χ2v) is 5.78. The Bertz CT molecular complexity index is 714. The van der Waals surface area contributed by atoms with Crippen molar-refractivity contribution in [1.82, 2.24) is 0 Å². The fourth-order valence-corrected chi connectivity index (χ4v) is 2.21. The highest BCUT2D eigenvalue weighted by Gasteiger charge is 2.27. The lowest BCUT2D eigenvalue weighted by Gasteiger charge is -2.21. The minimum atomic E-state index is -0.520. The summed E-state index contributed by atoms with van der Waals surface area (Å²) in [6.07, 6.45) is 1.39. The molecule has 0 aliphatic carbocycles. The maximum atomic E-state index is 11.6. The Morgan fingerprint density at radius 3 is 2.68 bits per heavy atom. The number of benzene rings is 1. The van der Waals surface area contributed by atoms with Crippen LogP contribution < -0.4 is 10.4 Å². The van der Waals surface area contributed by atoms with Crippen molar-refractivity contribution in [3.63, 3.8) is 0 Å². The molecule has 0 saturated heterocycles. The minimum absolute atomic E-state index is 0.222. The Balaban J connectivity index is 1.92. The van der Waals surface area contributed by atoms with Crippen LogP contribution in [0.15, 0.2) is 39.5 Å². The smallest absolute Gasteiger partial charge is 0.336 e. The highest BCUT2D eigenvalue weighted by atomic mass is 16.5. The Labute approximate surface area is 128 Å². The van der Waals surface area contributed by atoms with Crippen LogP contribution in [0.1, 0.15) is 26.7 Å². The average molecular weight is 304 g/mol. The number of methoxy groups -OCH3 is 1. The molecule has 2 rings (SSSR count). The predicted molar refractivity (Wildman–Crippen MR) is 83.0 cm³/mol. The van der Waals surface area contributed by atoms with Crippen LogP contribution in [-0.2, 0) is 9.53 Å². The van der Waals surface area contributed by atoms with E-state index < -0.39 is 5.41 Å². The van der Waals surface area contributed by atoms with E-state index in [-0.39, 0.29) is 11.6 Å². The van der Waals surface area contributed by atoms with Crippen molar-refractivity contribution in [3.8, 4) is 5.75 Å². The Morgan fingerprint density at radius 2 is 1.95 bits per heavy atom. The van der Waals surface area contributed by atoms with Gasteiger partial charge < -0.3 is 13.9 Å². The number of rotatable bonds is 6. The third-order valence-electron chi connectivity index (χ3n) is 3.55. The summed E-state index contributed by atoms with van der Waals surface area (Å²) in [6.45, 7) is 4.18. The normalized spacial score (nSPS) is 11.4. The first kappa shape index (κ1) is 16.1. The maximum absolute atomic E-state index is 11.6. The molecule has 0 fully saturated rings. The quantitative estimate of drug-likeness (QED) is 0.466. The molecule has 0 radical (unpaired) electrons. The third kappa shape index (κ3) is 3.87. The van der Waals surface area contributed by atoms with Crippen LogP contribution in [0.4, 0.5) is 0 Å². The summed E-state index contributed by atoms with van der Waals surface area (Å²) in [4.78, 5) is 22.8. The van der Waals surface area contributed by atoms with Crippen molar-refractivity contribution < 1.29 is 18.7 Å². The molecule has 0 aliphatic heterocycles. The number of hydrogen-bond donors (Lipinski definition) is 0. The highest BCUT2D eigenvalue weighted by Crippen LogP contribution is 2.24. The number of carbonyl (C=O) groups excluding carboxylic acids is 1. The highest BCUT2D eigenvalue weighted by molar-refractivity contribution is 5.77. The number of carbonyl (C=O) groups is 1. The summed E-state index contributed by atoms with van der Waals surface area (Å²) in [6, 6.07) is 8.46. The van der Waals surface area contributed by atoms with E-state index in [1.165, 1.54) is 13.2 Å². The van der Waals surface area contributed by atoms with Gasteiger partial charge in [0.1, 0.15) is 11.3 Å². The van der Waals surface area contributed by atoms with Gasteiger partial charge in [-0.25, -0.2) is 4.79 Å². The zero-order valence-corrected chi connectivity index (χ0v) is 13.0. The number of hydrogen-bond acceptors (Lipinski definition) is 5. The summed E-state index contributed by atoms with van der Waals surface area (Å²) < 4.78 is 15.5. The predicted octanol–water partition coefficient (Wildman–Crippen LogP) is 3.15. The van der Waals surface area contributed by atoms with Crippen molar-refractivity contribution in [3.05, 3.63) is 40.8 Å². The van der Waals surface area contributed by atoms with Crippen LogP contribution in [0.3, 0.4) is 0 Å². The fraction of sp³-hybridized carbons (Fsp3) is 0.412. The molecule has 0 bridgehead atoms. The molecule has 0 aliphatic rings.